The highest BCUT2D eigenvalue weighted by Gasteiger charge is 2.22. The highest BCUT2D eigenvalue weighted by molar-refractivity contribution is 5.11. The molecule has 1 unspecified atom stereocenters. The van der Waals surface area contributed by atoms with E-state index < -0.39 is 0 Å². The summed E-state index contributed by atoms with van der Waals surface area (Å²) in [7, 11) is 2.17. The molecule has 1 aliphatic rings. The molecule has 94 valence electrons. The van der Waals surface area contributed by atoms with Crippen LogP contribution in [0.4, 0.5) is 0 Å². The normalized spacial score (nSPS) is 21.3. The van der Waals surface area contributed by atoms with Crippen molar-refractivity contribution in [1.29, 1.82) is 0 Å². The van der Waals surface area contributed by atoms with Crippen molar-refractivity contribution >= 4 is 0 Å². The number of nitrogens with zero attached hydrogens (tertiary/aromatic N) is 3. The van der Waals surface area contributed by atoms with Crippen LogP contribution >= 0.6 is 0 Å². The van der Waals surface area contributed by atoms with Gasteiger partial charge in [-0.1, -0.05) is 13.8 Å². The zero-order chi connectivity index (χ0) is 12.3. The van der Waals surface area contributed by atoms with E-state index in [-0.39, 0.29) is 0 Å². The monoisotopic (exact) mass is 234 g/mol. The average molecular weight is 234 g/mol. The Hall–Kier alpha value is -1.00. The fourth-order valence-corrected chi connectivity index (χ4v) is 2.20. The van der Waals surface area contributed by atoms with Gasteiger partial charge >= 0.3 is 0 Å². The van der Waals surface area contributed by atoms with Gasteiger partial charge in [-0.15, -0.1) is 0 Å². The maximum Gasteiger partial charge on any atom is 0.142 e. The Morgan fingerprint density at radius 2 is 2.35 bits per heavy atom. The fraction of sp³-hybridized carbons (Fsp3) is 0.692. The molecule has 1 saturated heterocycles. The molecule has 2 heterocycles. The SMILES string of the molecule is CC(C)NCc1nccc(C2CCN(C)C2)n1. The highest BCUT2D eigenvalue weighted by atomic mass is 15.1. The number of likely N-dealkylation sites (N-methyl/N-ethyl adjacent to an activating group) is 1. The molecule has 17 heavy (non-hydrogen) atoms. The number of rotatable bonds is 4. The molecule has 0 radical (unpaired) electrons. The molecule has 2 rings (SSSR count). The molecule has 1 aliphatic heterocycles. The van der Waals surface area contributed by atoms with Crippen molar-refractivity contribution in [1.82, 2.24) is 20.2 Å². The van der Waals surface area contributed by atoms with Gasteiger partial charge in [-0.2, -0.15) is 0 Å². The summed E-state index contributed by atoms with van der Waals surface area (Å²) in [6.45, 7) is 7.32. The van der Waals surface area contributed by atoms with Gasteiger partial charge in [0.15, 0.2) is 0 Å². The highest BCUT2D eigenvalue weighted by Crippen LogP contribution is 2.24. The third-order valence-electron chi connectivity index (χ3n) is 3.21. The van der Waals surface area contributed by atoms with Crippen LogP contribution in [0.3, 0.4) is 0 Å². The Morgan fingerprint density at radius 3 is 3.00 bits per heavy atom. The van der Waals surface area contributed by atoms with Crippen molar-refractivity contribution in [3.8, 4) is 0 Å². The molecule has 1 aromatic heterocycles. The van der Waals surface area contributed by atoms with Crippen LogP contribution in [-0.4, -0.2) is 41.0 Å². The lowest BCUT2D eigenvalue weighted by Gasteiger charge is -2.12. The summed E-state index contributed by atoms with van der Waals surface area (Å²) < 4.78 is 0. The van der Waals surface area contributed by atoms with Gasteiger partial charge in [0, 0.05) is 30.4 Å². The van der Waals surface area contributed by atoms with E-state index in [4.69, 9.17) is 0 Å². The number of nitrogens with one attached hydrogen (secondary N) is 1. The van der Waals surface area contributed by atoms with E-state index in [0.717, 1.165) is 18.9 Å². The number of likely N-dealkylation sites (tertiary alicyclic amines) is 1. The van der Waals surface area contributed by atoms with Crippen LogP contribution in [0, 0.1) is 0 Å². The number of hydrogen-bond acceptors (Lipinski definition) is 4. The van der Waals surface area contributed by atoms with E-state index in [1.54, 1.807) is 0 Å². The lowest BCUT2D eigenvalue weighted by molar-refractivity contribution is 0.410. The maximum atomic E-state index is 4.66. The van der Waals surface area contributed by atoms with E-state index in [1.807, 2.05) is 6.20 Å². The molecule has 1 N–H and O–H groups in total. The summed E-state index contributed by atoms with van der Waals surface area (Å²) in [4.78, 5) is 11.3. The first-order chi connectivity index (χ1) is 8.15. The van der Waals surface area contributed by atoms with Gasteiger partial charge in [-0.25, -0.2) is 9.97 Å². The van der Waals surface area contributed by atoms with Crippen molar-refractivity contribution in [3.05, 3.63) is 23.8 Å². The Balaban J connectivity index is 2.01. The molecule has 0 saturated carbocycles. The van der Waals surface area contributed by atoms with Crippen LogP contribution in [-0.2, 0) is 6.54 Å². The molecule has 0 aliphatic carbocycles. The Morgan fingerprint density at radius 1 is 1.53 bits per heavy atom. The summed E-state index contributed by atoms with van der Waals surface area (Å²) in [5.41, 5.74) is 1.20. The van der Waals surface area contributed by atoms with Crippen molar-refractivity contribution in [2.45, 2.75) is 38.8 Å². The summed E-state index contributed by atoms with van der Waals surface area (Å²) in [5, 5.41) is 3.35. The van der Waals surface area contributed by atoms with E-state index in [2.05, 4.69) is 47.1 Å². The minimum absolute atomic E-state index is 0.472. The van der Waals surface area contributed by atoms with Crippen LogP contribution in [0.2, 0.25) is 0 Å². The molecule has 0 amide bonds. The summed E-state index contributed by atoms with van der Waals surface area (Å²) in [5.74, 6) is 1.49. The van der Waals surface area contributed by atoms with E-state index >= 15 is 0 Å². The molecule has 4 nitrogen and oxygen atoms in total. The molecular weight excluding hydrogens is 212 g/mol. The second-order valence-corrected chi connectivity index (χ2v) is 5.18. The second-order valence-electron chi connectivity index (χ2n) is 5.18. The Labute approximate surface area is 103 Å². The lowest BCUT2D eigenvalue weighted by Crippen LogP contribution is -2.23. The first-order valence-corrected chi connectivity index (χ1v) is 6.39. The van der Waals surface area contributed by atoms with E-state index in [0.29, 0.717) is 12.0 Å². The molecule has 1 atom stereocenters. The molecule has 0 bridgehead atoms. The fourth-order valence-electron chi connectivity index (χ4n) is 2.20. The zero-order valence-electron chi connectivity index (χ0n) is 11.0. The third-order valence-corrected chi connectivity index (χ3v) is 3.21. The first-order valence-electron chi connectivity index (χ1n) is 6.39. The molecular formula is C13H22N4. The van der Waals surface area contributed by atoms with Crippen LogP contribution in [0.25, 0.3) is 0 Å². The van der Waals surface area contributed by atoms with Crippen LogP contribution in [0.5, 0.6) is 0 Å². The maximum absolute atomic E-state index is 4.66. The summed E-state index contributed by atoms with van der Waals surface area (Å²) in [6, 6.07) is 2.53. The largest absolute Gasteiger partial charge is 0.308 e. The smallest absolute Gasteiger partial charge is 0.142 e. The van der Waals surface area contributed by atoms with Crippen molar-refractivity contribution < 1.29 is 0 Å². The third kappa shape index (κ3) is 3.48. The summed E-state index contributed by atoms with van der Waals surface area (Å²) in [6.07, 6.45) is 3.10. The predicted molar refractivity (Wildman–Crippen MR) is 68.9 cm³/mol. The standard InChI is InChI=1S/C13H22N4/c1-10(2)15-8-13-14-6-4-12(16-13)11-5-7-17(3)9-11/h4,6,10-11,15H,5,7-9H2,1-3H3. The van der Waals surface area contributed by atoms with Crippen LogP contribution < -0.4 is 5.32 Å². The van der Waals surface area contributed by atoms with Crippen molar-refractivity contribution in [3.63, 3.8) is 0 Å². The number of aromatic nitrogens is 2. The second kappa shape index (κ2) is 5.56. The molecule has 1 fully saturated rings. The quantitative estimate of drug-likeness (QED) is 0.855. The van der Waals surface area contributed by atoms with Gasteiger partial charge in [-0.05, 0) is 26.1 Å². The Bertz CT molecular complexity index is 364. The van der Waals surface area contributed by atoms with Gasteiger partial charge in [0.2, 0.25) is 0 Å². The van der Waals surface area contributed by atoms with Crippen LogP contribution in [0.15, 0.2) is 12.3 Å². The minimum atomic E-state index is 0.472. The van der Waals surface area contributed by atoms with Gasteiger partial charge in [-0.3, -0.25) is 0 Å². The molecule has 1 aromatic rings. The topological polar surface area (TPSA) is 41.1 Å². The van der Waals surface area contributed by atoms with Gasteiger partial charge < -0.3 is 10.2 Å². The first kappa shape index (κ1) is 12.5. The summed E-state index contributed by atoms with van der Waals surface area (Å²) >= 11 is 0. The average Bonchev–Trinajstić information content (AvgIpc) is 2.74. The Kier molecular flexibility index (Phi) is 4.07. The minimum Gasteiger partial charge on any atom is -0.308 e. The van der Waals surface area contributed by atoms with Gasteiger partial charge in [0.05, 0.1) is 6.54 Å². The molecule has 4 heteroatoms. The molecule has 0 spiro atoms. The van der Waals surface area contributed by atoms with Gasteiger partial charge in [0.25, 0.3) is 0 Å². The van der Waals surface area contributed by atoms with Crippen LogP contribution in [0.1, 0.15) is 37.7 Å². The van der Waals surface area contributed by atoms with Crippen molar-refractivity contribution in [2.75, 3.05) is 20.1 Å². The molecule has 0 aromatic carbocycles. The predicted octanol–water partition coefficient (Wildman–Crippen LogP) is 1.39. The van der Waals surface area contributed by atoms with E-state index in [1.165, 1.54) is 18.7 Å². The van der Waals surface area contributed by atoms with Crippen molar-refractivity contribution in [2.24, 2.45) is 0 Å². The number of hydrogen-bond donors (Lipinski definition) is 1. The zero-order valence-corrected chi connectivity index (χ0v) is 11.0. The lowest BCUT2D eigenvalue weighted by atomic mass is 10.1. The van der Waals surface area contributed by atoms with E-state index in [9.17, 15) is 0 Å². The van der Waals surface area contributed by atoms with Gasteiger partial charge in [0.1, 0.15) is 5.82 Å².